The third-order valence-electron chi connectivity index (χ3n) is 2.93. The van der Waals surface area contributed by atoms with Gasteiger partial charge in [-0.15, -0.1) is 0 Å². The first-order valence-corrected chi connectivity index (χ1v) is 6.49. The summed E-state index contributed by atoms with van der Waals surface area (Å²) in [6, 6.07) is 13.8. The van der Waals surface area contributed by atoms with Gasteiger partial charge in [0.1, 0.15) is 6.61 Å². The number of carbonyl (C=O) groups excluding carboxylic acids is 1. The predicted octanol–water partition coefficient (Wildman–Crippen LogP) is 2.26. The minimum atomic E-state index is -0.0276. The van der Waals surface area contributed by atoms with Gasteiger partial charge in [-0.1, -0.05) is 36.4 Å². The monoisotopic (exact) mass is 270 g/mol. The average molecular weight is 270 g/mol. The van der Waals surface area contributed by atoms with Crippen molar-refractivity contribution in [1.29, 1.82) is 0 Å². The van der Waals surface area contributed by atoms with Gasteiger partial charge in [-0.3, -0.25) is 9.78 Å². The van der Waals surface area contributed by atoms with E-state index < -0.39 is 0 Å². The Balaban J connectivity index is 2.10. The Bertz CT molecular complexity index is 487. The van der Waals surface area contributed by atoms with Gasteiger partial charge in [0.05, 0.1) is 0 Å². The van der Waals surface area contributed by atoms with Crippen LogP contribution in [0.4, 0.5) is 0 Å². The molecule has 0 spiro atoms. The summed E-state index contributed by atoms with van der Waals surface area (Å²) in [7, 11) is 1.53. The van der Waals surface area contributed by atoms with Crippen LogP contribution < -0.4 is 0 Å². The molecule has 4 nitrogen and oxygen atoms in total. The first-order valence-electron chi connectivity index (χ1n) is 6.49. The topological polar surface area (TPSA) is 42.4 Å². The van der Waals surface area contributed by atoms with Crippen molar-refractivity contribution in [2.45, 2.75) is 13.1 Å². The second kappa shape index (κ2) is 7.40. The highest BCUT2D eigenvalue weighted by molar-refractivity contribution is 5.77. The number of pyridine rings is 1. The van der Waals surface area contributed by atoms with Crippen LogP contribution >= 0.6 is 0 Å². The molecule has 2 aromatic rings. The van der Waals surface area contributed by atoms with Crippen molar-refractivity contribution in [2.24, 2.45) is 0 Å². The van der Waals surface area contributed by atoms with Crippen LogP contribution in [0.5, 0.6) is 0 Å². The van der Waals surface area contributed by atoms with Gasteiger partial charge in [0, 0.05) is 32.6 Å². The van der Waals surface area contributed by atoms with E-state index in [9.17, 15) is 4.79 Å². The Morgan fingerprint density at radius 2 is 1.80 bits per heavy atom. The molecule has 1 aromatic heterocycles. The van der Waals surface area contributed by atoms with Crippen molar-refractivity contribution in [3.63, 3.8) is 0 Å². The molecule has 0 aliphatic carbocycles. The molecule has 0 fully saturated rings. The molecule has 4 heteroatoms. The number of hydrogen-bond donors (Lipinski definition) is 0. The van der Waals surface area contributed by atoms with E-state index in [1.54, 1.807) is 17.3 Å². The van der Waals surface area contributed by atoms with Crippen molar-refractivity contribution in [3.05, 3.63) is 66.0 Å². The first-order chi connectivity index (χ1) is 9.79. The van der Waals surface area contributed by atoms with Crippen LogP contribution in [0.15, 0.2) is 54.9 Å². The highest BCUT2D eigenvalue weighted by Gasteiger charge is 2.14. The number of methoxy groups -OCH3 is 1. The second-order valence-corrected chi connectivity index (χ2v) is 4.53. The lowest BCUT2D eigenvalue weighted by Gasteiger charge is -2.22. The summed E-state index contributed by atoms with van der Waals surface area (Å²) in [6.07, 6.45) is 3.50. The summed E-state index contributed by atoms with van der Waals surface area (Å²) >= 11 is 0. The van der Waals surface area contributed by atoms with E-state index in [4.69, 9.17) is 4.74 Å². The van der Waals surface area contributed by atoms with Crippen LogP contribution in [0.3, 0.4) is 0 Å². The number of ether oxygens (including phenoxy) is 1. The van der Waals surface area contributed by atoms with E-state index in [1.165, 1.54) is 7.11 Å². The van der Waals surface area contributed by atoms with Crippen LogP contribution in [0.1, 0.15) is 11.1 Å². The minimum Gasteiger partial charge on any atom is -0.375 e. The highest BCUT2D eigenvalue weighted by atomic mass is 16.5. The molecular weight excluding hydrogens is 252 g/mol. The molecule has 2 rings (SSSR count). The lowest BCUT2D eigenvalue weighted by Crippen LogP contribution is -2.32. The van der Waals surface area contributed by atoms with Crippen molar-refractivity contribution in [3.8, 4) is 0 Å². The van der Waals surface area contributed by atoms with Gasteiger partial charge in [0.25, 0.3) is 0 Å². The Labute approximate surface area is 119 Å². The molecule has 0 unspecified atom stereocenters. The average Bonchev–Trinajstić information content (AvgIpc) is 2.49. The smallest absolute Gasteiger partial charge is 0.249 e. The van der Waals surface area contributed by atoms with Crippen LogP contribution in [-0.2, 0) is 22.6 Å². The van der Waals surface area contributed by atoms with Crippen molar-refractivity contribution < 1.29 is 9.53 Å². The fourth-order valence-electron chi connectivity index (χ4n) is 1.96. The number of rotatable bonds is 6. The second-order valence-electron chi connectivity index (χ2n) is 4.53. The molecule has 0 aliphatic heterocycles. The summed E-state index contributed by atoms with van der Waals surface area (Å²) in [5, 5.41) is 0. The number of hydrogen-bond acceptors (Lipinski definition) is 3. The van der Waals surface area contributed by atoms with Gasteiger partial charge in [-0.05, 0) is 17.2 Å². The zero-order chi connectivity index (χ0) is 14.2. The molecule has 0 aliphatic rings. The number of nitrogens with zero attached hydrogens (tertiary/aromatic N) is 2. The Kier molecular flexibility index (Phi) is 5.26. The summed E-state index contributed by atoms with van der Waals surface area (Å²) in [4.78, 5) is 18.0. The van der Waals surface area contributed by atoms with E-state index in [0.29, 0.717) is 13.1 Å². The lowest BCUT2D eigenvalue weighted by atomic mass is 10.2. The van der Waals surface area contributed by atoms with E-state index >= 15 is 0 Å². The van der Waals surface area contributed by atoms with Gasteiger partial charge < -0.3 is 9.64 Å². The van der Waals surface area contributed by atoms with E-state index in [-0.39, 0.29) is 12.5 Å². The van der Waals surface area contributed by atoms with Crippen LogP contribution in [-0.4, -0.2) is 29.5 Å². The van der Waals surface area contributed by atoms with Crippen molar-refractivity contribution >= 4 is 5.91 Å². The third kappa shape index (κ3) is 4.17. The number of carbonyl (C=O) groups is 1. The molecule has 0 saturated carbocycles. The molecule has 0 bridgehead atoms. The molecule has 1 amide bonds. The maximum absolute atomic E-state index is 12.1. The van der Waals surface area contributed by atoms with E-state index in [1.807, 2.05) is 42.5 Å². The lowest BCUT2D eigenvalue weighted by molar-refractivity contribution is -0.136. The molecule has 0 atom stereocenters. The van der Waals surface area contributed by atoms with Crippen LogP contribution in [0.2, 0.25) is 0 Å². The zero-order valence-corrected chi connectivity index (χ0v) is 11.5. The highest BCUT2D eigenvalue weighted by Crippen LogP contribution is 2.09. The maximum atomic E-state index is 12.1. The molecule has 20 heavy (non-hydrogen) atoms. The Morgan fingerprint density at radius 1 is 1.10 bits per heavy atom. The van der Waals surface area contributed by atoms with Gasteiger partial charge in [-0.2, -0.15) is 0 Å². The largest absolute Gasteiger partial charge is 0.375 e. The Hall–Kier alpha value is -2.20. The Morgan fingerprint density at radius 3 is 2.45 bits per heavy atom. The van der Waals surface area contributed by atoms with E-state index in [0.717, 1.165) is 11.1 Å². The summed E-state index contributed by atoms with van der Waals surface area (Å²) < 4.78 is 4.95. The molecule has 104 valence electrons. The van der Waals surface area contributed by atoms with Crippen LogP contribution in [0, 0.1) is 0 Å². The SMILES string of the molecule is COCC(=O)N(Cc1ccccc1)Cc1cccnc1. The molecule has 1 heterocycles. The van der Waals surface area contributed by atoms with Crippen molar-refractivity contribution in [1.82, 2.24) is 9.88 Å². The molecule has 0 saturated heterocycles. The zero-order valence-electron chi connectivity index (χ0n) is 11.5. The van der Waals surface area contributed by atoms with Gasteiger partial charge >= 0.3 is 0 Å². The number of benzene rings is 1. The molecular formula is C16H18N2O2. The molecule has 0 radical (unpaired) electrons. The summed E-state index contributed by atoms with van der Waals surface area (Å²) in [5.74, 6) is -0.0276. The fourth-order valence-corrected chi connectivity index (χ4v) is 1.96. The number of aromatic nitrogens is 1. The number of amides is 1. The standard InChI is InChI=1S/C16H18N2O2/c1-20-13-16(19)18(11-14-6-3-2-4-7-14)12-15-8-5-9-17-10-15/h2-10H,11-13H2,1H3. The van der Waals surface area contributed by atoms with Crippen LogP contribution in [0.25, 0.3) is 0 Å². The fraction of sp³-hybridized carbons (Fsp3) is 0.250. The summed E-state index contributed by atoms with van der Waals surface area (Å²) in [6.45, 7) is 1.19. The summed E-state index contributed by atoms with van der Waals surface area (Å²) in [5.41, 5.74) is 2.11. The van der Waals surface area contributed by atoms with Gasteiger partial charge in [-0.25, -0.2) is 0 Å². The first kappa shape index (κ1) is 14.2. The van der Waals surface area contributed by atoms with Gasteiger partial charge in [0.2, 0.25) is 5.91 Å². The van der Waals surface area contributed by atoms with Gasteiger partial charge in [0.15, 0.2) is 0 Å². The molecule has 1 aromatic carbocycles. The third-order valence-corrected chi connectivity index (χ3v) is 2.93. The maximum Gasteiger partial charge on any atom is 0.249 e. The predicted molar refractivity (Wildman–Crippen MR) is 76.8 cm³/mol. The molecule has 0 N–H and O–H groups in total. The minimum absolute atomic E-state index is 0.0276. The normalized spacial score (nSPS) is 10.2. The van der Waals surface area contributed by atoms with Crippen molar-refractivity contribution in [2.75, 3.05) is 13.7 Å². The van der Waals surface area contributed by atoms with E-state index in [2.05, 4.69) is 4.98 Å². The quantitative estimate of drug-likeness (QED) is 0.808.